The third-order valence-corrected chi connectivity index (χ3v) is 3.71. The summed E-state index contributed by atoms with van der Waals surface area (Å²) < 4.78 is 5.59. The number of benzene rings is 2. The van der Waals surface area contributed by atoms with E-state index in [1.807, 2.05) is 25.1 Å². The monoisotopic (exact) mass is 298 g/mol. The maximum Gasteiger partial charge on any atom is 0.198 e. The molecule has 0 aliphatic heterocycles. The number of ketones is 1. The van der Waals surface area contributed by atoms with Crippen molar-refractivity contribution in [2.75, 3.05) is 0 Å². The van der Waals surface area contributed by atoms with E-state index >= 15 is 0 Å². The molecular formula is C18H15ClO2. The van der Waals surface area contributed by atoms with Crippen LogP contribution in [0.25, 0.3) is 11.0 Å². The Morgan fingerprint density at radius 2 is 2.00 bits per heavy atom. The van der Waals surface area contributed by atoms with E-state index in [0.29, 0.717) is 22.8 Å². The molecule has 2 nitrogen and oxygen atoms in total. The molecule has 3 aromatic rings. The summed E-state index contributed by atoms with van der Waals surface area (Å²) in [5, 5.41) is 1.50. The Bertz CT molecular complexity index is 802. The molecule has 3 rings (SSSR count). The van der Waals surface area contributed by atoms with Crippen molar-refractivity contribution in [3.8, 4) is 0 Å². The maximum absolute atomic E-state index is 12.2. The minimum Gasteiger partial charge on any atom is -0.453 e. The molecule has 0 radical (unpaired) electrons. The van der Waals surface area contributed by atoms with Crippen LogP contribution >= 0.6 is 11.6 Å². The van der Waals surface area contributed by atoms with E-state index in [1.165, 1.54) is 11.1 Å². The zero-order valence-electron chi connectivity index (χ0n) is 11.7. The predicted molar refractivity (Wildman–Crippen MR) is 85.1 cm³/mol. The number of hydrogen-bond donors (Lipinski definition) is 0. The van der Waals surface area contributed by atoms with Gasteiger partial charge in [0.15, 0.2) is 11.5 Å². The first kappa shape index (κ1) is 13.9. The largest absolute Gasteiger partial charge is 0.453 e. The second-order valence-corrected chi connectivity index (χ2v) is 5.64. The molecule has 0 fully saturated rings. The highest BCUT2D eigenvalue weighted by Crippen LogP contribution is 2.24. The van der Waals surface area contributed by atoms with E-state index in [2.05, 4.69) is 6.07 Å². The third-order valence-electron chi connectivity index (χ3n) is 3.48. The zero-order chi connectivity index (χ0) is 14.8. The van der Waals surface area contributed by atoms with Gasteiger partial charge in [-0.2, -0.15) is 0 Å². The van der Waals surface area contributed by atoms with Gasteiger partial charge in [-0.25, -0.2) is 0 Å². The highest BCUT2D eigenvalue weighted by atomic mass is 35.5. The average molecular weight is 299 g/mol. The zero-order valence-corrected chi connectivity index (χ0v) is 12.5. The molecule has 0 saturated carbocycles. The first-order valence-electron chi connectivity index (χ1n) is 6.90. The Hall–Kier alpha value is -2.06. The van der Waals surface area contributed by atoms with Crippen molar-refractivity contribution in [1.82, 2.24) is 0 Å². The van der Waals surface area contributed by atoms with Crippen molar-refractivity contribution in [2.45, 2.75) is 19.8 Å². The van der Waals surface area contributed by atoms with E-state index in [9.17, 15) is 4.79 Å². The Morgan fingerprint density at radius 1 is 1.14 bits per heavy atom. The molecule has 3 heteroatoms. The molecule has 0 unspecified atom stereocenters. The molecule has 0 aliphatic rings. The topological polar surface area (TPSA) is 30.2 Å². The lowest BCUT2D eigenvalue weighted by Gasteiger charge is -2.01. The number of Topliss-reactive ketones (excluding diaryl/α,β-unsaturated/α-hetero) is 1. The van der Waals surface area contributed by atoms with Crippen LogP contribution in [0.4, 0.5) is 0 Å². The molecule has 0 spiro atoms. The molecule has 0 atom stereocenters. The first-order chi connectivity index (χ1) is 10.1. The summed E-state index contributed by atoms with van der Waals surface area (Å²) in [7, 11) is 0. The fraction of sp³-hybridized carbons (Fsp3) is 0.167. The number of rotatable bonds is 4. The highest BCUT2D eigenvalue weighted by Gasteiger charge is 2.12. The van der Waals surface area contributed by atoms with Gasteiger partial charge in [0.2, 0.25) is 0 Å². The van der Waals surface area contributed by atoms with Gasteiger partial charge in [0.25, 0.3) is 0 Å². The lowest BCUT2D eigenvalue weighted by Crippen LogP contribution is -1.99. The fourth-order valence-electron chi connectivity index (χ4n) is 2.40. The van der Waals surface area contributed by atoms with Crippen LogP contribution in [0.2, 0.25) is 5.02 Å². The van der Waals surface area contributed by atoms with Gasteiger partial charge in [-0.3, -0.25) is 4.79 Å². The number of fused-ring (bicyclic) bond motifs is 1. The maximum atomic E-state index is 12.2. The number of hydrogen-bond acceptors (Lipinski definition) is 2. The Morgan fingerprint density at radius 3 is 2.81 bits per heavy atom. The number of carbonyl (C=O) groups excluding carboxylic acids is 1. The van der Waals surface area contributed by atoms with Gasteiger partial charge in [-0.1, -0.05) is 41.4 Å². The summed E-state index contributed by atoms with van der Waals surface area (Å²) in [5.74, 6) is 0.420. The van der Waals surface area contributed by atoms with Crippen LogP contribution in [0.15, 0.2) is 52.9 Å². The van der Waals surface area contributed by atoms with E-state index in [1.54, 1.807) is 24.3 Å². The average Bonchev–Trinajstić information content (AvgIpc) is 2.88. The van der Waals surface area contributed by atoms with Crippen LogP contribution in [-0.4, -0.2) is 5.78 Å². The summed E-state index contributed by atoms with van der Waals surface area (Å²) in [6, 6.07) is 15.3. The summed E-state index contributed by atoms with van der Waals surface area (Å²) in [4.78, 5) is 12.2. The molecule has 21 heavy (non-hydrogen) atoms. The minimum absolute atomic E-state index is 0.0174. The van der Waals surface area contributed by atoms with Gasteiger partial charge in [-0.05, 0) is 43.2 Å². The summed E-state index contributed by atoms with van der Waals surface area (Å²) in [6.07, 6.45) is 1.16. The Labute approximate surface area is 128 Å². The molecule has 106 valence electrons. The lowest BCUT2D eigenvalue weighted by atomic mass is 10.0. The molecule has 1 heterocycles. The van der Waals surface area contributed by atoms with E-state index < -0.39 is 0 Å². The molecule has 2 aromatic carbocycles. The SMILES string of the molecule is Cc1cccc(CCC(=O)c2cc3cc(Cl)ccc3o2)c1. The van der Waals surface area contributed by atoms with Gasteiger partial charge < -0.3 is 4.42 Å². The van der Waals surface area contributed by atoms with Crippen LogP contribution in [0.1, 0.15) is 28.1 Å². The van der Waals surface area contributed by atoms with Crippen LogP contribution < -0.4 is 0 Å². The standard InChI is InChI=1S/C18H15ClO2/c1-12-3-2-4-13(9-12)5-7-16(20)18-11-14-10-15(19)6-8-17(14)21-18/h2-4,6,8-11H,5,7H2,1H3. The van der Waals surface area contributed by atoms with Crippen LogP contribution in [0.3, 0.4) is 0 Å². The van der Waals surface area contributed by atoms with Gasteiger partial charge in [0.1, 0.15) is 5.58 Å². The molecule has 0 bridgehead atoms. The number of halogens is 1. The Kier molecular flexibility index (Phi) is 3.80. The molecule has 0 saturated heterocycles. The van der Waals surface area contributed by atoms with Gasteiger partial charge in [0.05, 0.1) is 0 Å². The van der Waals surface area contributed by atoms with Gasteiger partial charge in [-0.15, -0.1) is 0 Å². The number of aryl methyl sites for hydroxylation is 2. The first-order valence-corrected chi connectivity index (χ1v) is 7.27. The quantitative estimate of drug-likeness (QED) is 0.619. The highest BCUT2D eigenvalue weighted by molar-refractivity contribution is 6.31. The van der Waals surface area contributed by atoms with E-state index in [-0.39, 0.29) is 5.78 Å². The van der Waals surface area contributed by atoms with Crippen LogP contribution in [0, 0.1) is 6.92 Å². The minimum atomic E-state index is 0.0174. The fourth-order valence-corrected chi connectivity index (χ4v) is 2.58. The second kappa shape index (κ2) is 5.74. The lowest BCUT2D eigenvalue weighted by molar-refractivity contribution is 0.0958. The van der Waals surface area contributed by atoms with Crippen molar-refractivity contribution < 1.29 is 9.21 Å². The van der Waals surface area contributed by atoms with Crippen molar-refractivity contribution in [2.24, 2.45) is 0 Å². The Balaban J connectivity index is 1.74. The van der Waals surface area contributed by atoms with Gasteiger partial charge >= 0.3 is 0 Å². The van der Waals surface area contributed by atoms with E-state index in [4.69, 9.17) is 16.0 Å². The predicted octanol–water partition coefficient (Wildman–Crippen LogP) is 5.21. The van der Waals surface area contributed by atoms with Crippen LogP contribution in [0.5, 0.6) is 0 Å². The van der Waals surface area contributed by atoms with Crippen molar-refractivity contribution >= 4 is 28.4 Å². The number of furan rings is 1. The normalized spacial score (nSPS) is 11.0. The molecule has 0 amide bonds. The molecule has 0 N–H and O–H groups in total. The number of carbonyl (C=O) groups is 1. The summed E-state index contributed by atoms with van der Waals surface area (Å²) >= 11 is 5.94. The van der Waals surface area contributed by atoms with Crippen molar-refractivity contribution in [3.63, 3.8) is 0 Å². The summed E-state index contributed by atoms with van der Waals surface area (Å²) in [6.45, 7) is 2.05. The molecule has 1 aromatic heterocycles. The van der Waals surface area contributed by atoms with Gasteiger partial charge in [0, 0.05) is 16.8 Å². The summed E-state index contributed by atoms with van der Waals surface area (Å²) in [5.41, 5.74) is 3.07. The van der Waals surface area contributed by atoms with Crippen LogP contribution in [-0.2, 0) is 6.42 Å². The third kappa shape index (κ3) is 3.17. The van der Waals surface area contributed by atoms with E-state index in [0.717, 1.165) is 11.8 Å². The smallest absolute Gasteiger partial charge is 0.198 e. The molecular weight excluding hydrogens is 284 g/mol. The molecule has 0 aliphatic carbocycles. The second-order valence-electron chi connectivity index (χ2n) is 5.21. The van der Waals surface area contributed by atoms with Crippen molar-refractivity contribution in [3.05, 3.63) is 70.4 Å². The van der Waals surface area contributed by atoms with Crippen molar-refractivity contribution in [1.29, 1.82) is 0 Å².